The summed E-state index contributed by atoms with van der Waals surface area (Å²) in [5.41, 5.74) is 3.57. The van der Waals surface area contributed by atoms with E-state index in [1.165, 1.54) is 12.1 Å². The molecule has 30 heavy (non-hydrogen) atoms. The fourth-order valence-corrected chi connectivity index (χ4v) is 5.40. The van der Waals surface area contributed by atoms with Gasteiger partial charge in [0.05, 0.1) is 24.2 Å². The van der Waals surface area contributed by atoms with E-state index in [0.717, 1.165) is 27.8 Å². The Morgan fingerprint density at radius 3 is 2.47 bits per heavy atom. The molecule has 3 aromatic rings. The van der Waals surface area contributed by atoms with E-state index in [9.17, 15) is 23.7 Å². The zero-order valence-electron chi connectivity index (χ0n) is 16.7. The number of carboxylic acids is 1. The van der Waals surface area contributed by atoms with Crippen LogP contribution in [-0.4, -0.2) is 44.1 Å². The van der Waals surface area contributed by atoms with Crippen molar-refractivity contribution in [3.05, 3.63) is 65.6 Å². The lowest BCUT2D eigenvalue weighted by molar-refractivity contribution is -0.138. The minimum atomic E-state index is -3.75. The molecule has 0 saturated heterocycles. The normalized spacial score (nSPS) is 14.5. The van der Waals surface area contributed by atoms with Gasteiger partial charge in [-0.05, 0) is 48.7 Å². The lowest BCUT2D eigenvalue weighted by Crippen LogP contribution is -2.19. The van der Waals surface area contributed by atoms with Crippen molar-refractivity contribution < 1.29 is 28.9 Å². The van der Waals surface area contributed by atoms with Gasteiger partial charge in [0.25, 0.3) is 0 Å². The Morgan fingerprint density at radius 2 is 1.83 bits per heavy atom. The van der Waals surface area contributed by atoms with Gasteiger partial charge in [-0.25, -0.2) is 4.39 Å². The van der Waals surface area contributed by atoms with E-state index in [-0.39, 0.29) is 18.4 Å². The summed E-state index contributed by atoms with van der Waals surface area (Å²) in [7, 11) is -3.75. The minimum Gasteiger partial charge on any atom is -0.481 e. The average Bonchev–Trinajstić information content (AvgIpc) is 2.99. The van der Waals surface area contributed by atoms with Crippen LogP contribution >= 0.6 is 7.37 Å². The van der Waals surface area contributed by atoms with Gasteiger partial charge in [0, 0.05) is 22.9 Å². The number of para-hydroxylation sites is 1. The molecule has 6 nitrogen and oxygen atoms in total. The zero-order chi connectivity index (χ0) is 21.9. The van der Waals surface area contributed by atoms with Gasteiger partial charge in [0.2, 0.25) is 7.37 Å². The summed E-state index contributed by atoms with van der Waals surface area (Å²) in [5, 5.41) is 19.6. The number of aliphatic carboxylic acids is 1. The molecule has 8 heteroatoms. The quantitative estimate of drug-likeness (QED) is 0.443. The van der Waals surface area contributed by atoms with Crippen molar-refractivity contribution in [3.8, 4) is 5.69 Å². The number of rotatable bonds is 9. The van der Waals surface area contributed by atoms with Gasteiger partial charge in [-0.15, -0.1) is 0 Å². The Kier molecular flexibility index (Phi) is 6.76. The molecular weight excluding hydrogens is 408 g/mol. The molecule has 0 saturated carbocycles. The fraction of sp³-hybridized carbons (Fsp3) is 0.318. The third-order valence-electron chi connectivity index (χ3n) is 5.13. The molecule has 0 radical (unpaired) electrons. The third kappa shape index (κ3) is 4.98. The average molecular weight is 433 g/mol. The van der Waals surface area contributed by atoms with Crippen molar-refractivity contribution in [2.24, 2.45) is 0 Å². The molecule has 0 amide bonds. The maximum atomic E-state index is 13.5. The Hall–Kier alpha value is -2.47. The summed E-state index contributed by atoms with van der Waals surface area (Å²) in [6.07, 6.45) is -1.51. The number of nitrogens with zero attached hydrogens (tertiary/aromatic N) is 1. The lowest BCUT2D eigenvalue weighted by Gasteiger charge is -2.17. The van der Waals surface area contributed by atoms with E-state index >= 15 is 0 Å². The second kappa shape index (κ2) is 9.13. The first-order valence-corrected chi connectivity index (χ1v) is 11.8. The van der Waals surface area contributed by atoms with Crippen LogP contribution in [0.25, 0.3) is 16.6 Å². The number of carbonyl (C=O) groups is 1. The second-order valence-electron chi connectivity index (χ2n) is 7.36. The number of benzene rings is 2. The maximum Gasteiger partial charge on any atom is 0.305 e. The molecular formula is C22H25FNO5P. The molecule has 0 fully saturated rings. The summed E-state index contributed by atoms with van der Waals surface area (Å²) in [4.78, 5) is 21.1. The van der Waals surface area contributed by atoms with Crippen LogP contribution in [0.4, 0.5) is 4.39 Å². The van der Waals surface area contributed by atoms with Crippen LogP contribution in [0.15, 0.2) is 48.5 Å². The third-order valence-corrected chi connectivity index (χ3v) is 7.05. The van der Waals surface area contributed by atoms with Crippen LogP contribution in [-0.2, 0) is 22.2 Å². The molecule has 0 spiro atoms. The predicted molar refractivity (Wildman–Crippen MR) is 114 cm³/mol. The summed E-state index contributed by atoms with van der Waals surface area (Å²) in [6.45, 7) is 2.01. The van der Waals surface area contributed by atoms with Gasteiger partial charge in [0.1, 0.15) is 5.82 Å². The number of aliphatic hydroxyl groups excluding tert-OH is 1. The minimum absolute atomic E-state index is 0.0891. The number of fused-ring (bicyclic) bond motifs is 1. The molecule has 1 unspecified atom stereocenters. The highest BCUT2D eigenvalue weighted by atomic mass is 31.2. The summed E-state index contributed by atoms with van der Waals surface area (Å²) in [6, 6.07) is 13.9. The van der Waals surface area contributed by atoms with E-state index in [2.05, 4.69) is 0 Å². The van der Waals surface area contributed by atoms with Gasteiger partial charge < -0.3 is 19.7 Å². The SMILES string of the molecule is CCc1c(CCP(=O)(O)C[C@@H](O)CC(=O)O)n(-c2ccc(F)cc2)c2ccccc12. The number of hydrogen-bond acceptors (Lipinski definition) is 3. The molecule has 2 aromatic carbocycles. The van der Waals surface area contributed by atoms with Crippen molar-refractivity contribution in [2.75, 3.05) is 12.3 Å². The van der Waals surface area contributed by atoms with E-state index < -0.39 is 32.0 Å². The lowest BCUT2D eigenvalue weighted by atomic mass is 10.1. The fourth-order valence-electron chi connectivity index (χ4n) is 3.87. The van der Waals surface area contributed by atoms with Crippen LogP contribution in [0.1, 0.15) is 24.6 Å². The van der Waals surface area contributed by atoms with Crippen LogP contribution < -0.4 is 0 Å². The standard InChI is InChI=1S/C22H25FNO5P/c1-2-18-19-5-3-4-6-20(19)24(16-9-7-15(23)8-10-16)21(18)11-12-30(28,29)14-17(25)13-22(26)27/h3-10,17,25H,2,11-14H2,1H3,(H,26,27)(H,28,29)/t17-/m0/s1. The highest BCUT2D eigenvalue weighted by Crippen LogP contribution is 2.43. The molecule has 160 valence electrons. The van der Waals surface area contributed by atoms with Crippen LogP contribution in [0.3, 0.4) is 0 Å². The first-order chi connectivity index (χ1) is 14.2. The highest BCUT2D eigenvalue weighted by molar-refractivity contribution is 7.58. The second-order valence-corrected chi connectivity index (χ2v) is 9.87. The first-order valence-electron chi connectivity index (χ1n) is 9.79. The smallest absolute Gasteiger partial charge is 0.305 e. The molecule has 0 aliphatic heterocycles. The number of aromatic nitrogens is 1. The van der Waals surface area contributed by atoms with Crippen molar-refractivity contribution in [1.29, 1.82) is 0 Å². The van der Waals surface area contributed by atoms with E-state index in [1.807, 2.05) is 35.8 Å². The predicted octanol–water partition coefficient (Wildman–Crippen LogP) is 3.98. The van der Waals surface area contributed by atoms with Gasteiger partial charge in [-0.2, -0.15) is 0 Å². The summed E-state index contributed by atoms with van der Waals surface area (Å²) in [5.74, 6) is -1.56. The Bertz CT molecular complexity index is 1090. The number of hydrogen-bond donors (Lipinski definition) is 3. The Labute approximate surface area is 174 Å². The largest absolute Gasteiger partial charge is 0.481 e. The number of halogens is 1. The molecule has 0 aliphatic carbocycles. The molecule has 0 bridgehead atoms. The number of aliphatic hydroxyl groups is 1. The summed E-state index contributed by atoms with van der Waals surface area (Å²) < 4.78 is 28.1. The first kappa shape index (κ1) is 22.2. The highest BCUT2D eigenvalue weighted by Gasteiger charge is 2.26. The van der Waals surface area contributed by atoms with Crippen LogP contribution in [0.2, 0.25) is 0 Å². The van der Waals surface area contributed by atoms with Gasteiger partial charge >= 0.3 is 5.97 Å². The van der Waals surface area contributed by atoms with Crippen LogP contribution in [0, 0.1) is 5.82 Å². The van der Waals surface area contributed by atoms with Crippen molar-refractivity contribution in [3.63, 3.8) is 0 Å². The van der Waals surface area contributed by atoms with Gasteiger partial charge in [-0.3, -0.25) is 9.36 Å². The molecule has 3 N–H and O–H groups in total. The number of aryl methyl sites for hydroxylation is 1. The van der Waals surface area contributed by atoms with Crippen LogP contribution in [0.5, 0.6) is 0 Å². The Morgan fingerprint density at radius 1 is 1.17 bits per heavy atom. The molecule has 1 aromatic heterocycles. The molecule has 3 rings (SSSR count). The van der Waals surface area contributed by atoms with Crippen molar-refractivity contribution in [2.45, 2.75) is 32.3 Å². The van der Waals surface area contributed by atoms with E-state index in [4.69, 9.17) is 5.11 Å². The van der Waals surface area contributed by atoms with Crippen molar-refractivity contribution in [1.82, 2.24) is 4.57 Å². The van der Waals surface area contributed by atoms with E-state index in [1.54, 1.807) is 12.1 Å². The molecule has 1 heterocycles. The Balaban J connectivity index is 1.98. The number of carboxylic acid groups (broad SMARTS) is 1. The topological polar surface area (TPSA) is 99.8 Å². The monoisotopic (exact) mass is 433 g/mol. The van der Waals surface area contributed by atoms with Gasteiger partial charge in [-0.1, -0.05) is 25.1 Å². The van der Waals surface area contributed by atoms with E-state index in [0.29, 0.717) is 6.42 Å². The molecule has 2 atom stereocenters. The van der Waals surface area contributed by atoms with Gasteiger partial charge in [0.15, 0.2) is 0 Å². The van der Waals surface area contributed by atoms with Crippen molar-refractivity contribution >= 4 is 24.2 Å². The maximum absolute atomic E-state index is 13.5. The molecule has 0 aliphatic rings. The zero-order valence-corrected chi connectivity index (χ0v) is 17.6. The summed E-state index contributed by atoms with van der Waals surface area (Å²) >= 11 is 0.